The van der Waals surface area contributed by atoms with E-state index in [2.05, 4.69) is 15.3 Å². The highest BCUT2D eigenvalue weighted by molar-refractivity contribution is 6.31. The molecule has 0 aliphatic carbocycles. The number of nitrogens with zero attached hydrogens (tertiary/aromatic N) is 2. The van der Waals surface area contributed by atoms with Crippen LogP contribution in [0.3, 0.4) is 0 Å². The van der Waals surface area contributed by atoms with Gasteiger partial charge in [-0.25, -0.2) is 9.97 Å². The molecule has 0 saturated heterocycles. The van der Waals surface area contributed by atoms with Crippen LogP contribution in [0, 0.1) is 0 Å². The number of benzene rings is 2. The predicted molar refractivity (Wildman–Crippen MR) is 87.5 cm³/mol. The summed E-state index contributed by atoms with van der Waals surface area (Å²) in [6, 6.07) is 17.7. The Labute approximate surface area is 133 Å². The van der Waals surface area contributed by atoms with Crippen molar-refractivity contribution in [3.63, 3.8) is 0 Å². The van der Waals surface area contributed by atoms with Crippen LogP contribution in [0.15, 0.2) is 67.0 Å². The molecule has 1 N–H and O–H groups in total. The van der Waals surface area contributed by atoms with Crippen molar-refractivity contribution in [3.8, 4) is 5.75 Å². The van der Waals surface area contributed by atoms with E-state index in [-0.39, 0.29) is 0 Å². The standard InChI is InChI=1S/C17H14ClN3O/c18-16-17(20-10-9-19-16)21-14-7-4-8-15(11-14)22-12-13-5-2-1-3-6-13/h1-11H,12H2,(H,20,21). The van der Waals surface area contributed by atoms with E-state index in [0.717, 1.165) is 17.0 Å². The van der Waals surface area contributed by atoms with Crippen molar-refractivity contribution in [2.75, 3.05) is 5.32 Å². The van der Waals surface area contributed by atoms with E-state index in [1.807, 2.05) is 54.6 Å². The van der Waals surface area contributed by atoms with Gasteiger partial charge in [0.05, 0.1) is 0 Å². The summed E-state index contributed by atoms with van der Waals surface area (Å²) < 4.78 is 5.79. The van der Waals surface area contributed by atoms with Gasteiger partial charge < -0.3 is 10.1 Å². The van der Waals surface area contributed by atoms with Crippen molar-refractivity contribution in [1.82, 2.24) is 9.97 Å². The summed E-state index contributed by atoms with van der Waals surface area (Å²) in [5.74, 6) is 1.29. The highest BCUT2D eigenvalue weighted by Gasteiger charge is 2.03. The van der Waals surface area contributed by atoms with Gasteiger partial charge in [0.15, 0.2) is 11.0 Å². The maximum Gasteiger partial charge on any atom is 0.171 e. The average molecular weight is 312 g/mol. The smallest absolute Gasteiger partial charge is 0.171 e. The first-order valence-corrected chi connectivity index (χ1v) is 7.19. The molecule has 1 heterocycles. The summed E-state index contributed by atoms with van der Waals surface area (Å²) in [4.78, 5) is 8.13. The molecular formula is C17H14ClN3O. The van der Waals surface area contributed by atoms with Crippen LogP contribution in [0.25, 0.3) is 0 Å². The highest BCUT2D eigenvalue weighted by Crippen LogP contribution is 2.24. The highest BCUT2D eigenvalue weighted by atomic mass is 35.5. The number of aromatic nitrogens is 2. The fourth-order valence-electron chi connectivity index (χ4n) is 1.95. The van der Waals surface area contributed by atoms with Gasteiger partial charge in [-0.2, -0.15) is 0 Å². The van der Waals surface area contributed by atoms with Gasteiger partial charge in [-0.3, -0.25) is 0 Å². The van der Waals surface area contributed by atoms with Crippen molar-refractivity contribution in [1.29, 1.82) is 0 Å². The van der Waals surface area contributed by atoms with E-state index in [0.29, 0.717) is 17.6 Å². The minimum atomic E-state index is 0.332. The van der Waals surface area contributed by atoms with E-state index in [4.69, 9.17) is 16.3 Å². The SMILES string of the molecule is Clc1nccnc1Nc1cccc(OCc2ccccc2)c1. The molecule has 0 amide bonds. The zero-order chi connectivity index (χ0) is 15.2. The Hall–Kier alpha value is -2.59. The lowest BCUT2D eigenvalue weighted by Crippen LogP contribution is -1.98. The van der Waals surface area contributed by atoms with E-state index in [9.17, 15) is 0 Å². The molecule has 0 unspecified atom stereocenters. The van der Waals surface area contributed by atoms with Crippen molar-refractivity contribution in [3.05, 3.63) is 77.7 Å². The third-order valence-electron chi connectivity index (χ3n) is 3.00. The lowest BCUT2D eigenvalue weighted by molar-refractivity contribution is 0.306. The van der Waals surface area contributed by atoms with Crippen molar-refractivity contribution in [2.24, 2.45) is 0 Å². The van der Waals surface area contributed by atoms with Crippen LogP contribution in [0.1, 0.15) is 5.56 Å². The molecule has 0 bridgehead atoms. The fraction of sp³-hybridized carbons (Fsp3) is 0.0588. The number of halogens is 1. The zero-order valence-electron chi connectivity index (χ0n) is 11.7. The van der Waals surface area contributed by atoms with Crippen LogP contribution < -0.4 is 10.1 Å². The van der Waals surface area contributed by atoms with Crippen LogP contribution in [-0.2, 0) is 6.61 Å². The van der Waals surface area contributed by atoms with E-state index < -0.39 is 0 Å². The molecule has 0 aliphatic heterocycles. The van der Waals surface area contributed by atoms with Crippen molar-refractivity contribution < 1.29 is 4.74 Å². The Balaban J connectivity index is 1.69. The molecule has 0 atom stereocenters. The second-order valence-corrected chi connectivity index (χ2v) is 4.98. The van der Waals surface area contributed by atoms with Crippen molar-refractivity contribution in [2.45, 2.75) is 6.61 Å². The van der Waals surface area contributed by atoms with E-state index >= 15 is 0 Å². The number of anilines is 2. The lowest BCUT2D eigenvalue weighted by atomic mass is 10.2. The number of hydrogen-bond donors (Lipinski definition) is 1. The molecule has 0 saturated carbocycles. The Morgan fingerprint density at radius 1 is 0.955 bits per heavy atom. The minimum absolute atomic E-state index is 0.332. The van der Waals surface area contributed by atoms with Crippen LogP contribution in [-0.4, -0.2) is 9.97 Å². The van der Waals surface area contributed by atoms with Crippen LogP contribution in [0.5, 0.6) is 5.75 Å². The first-order valence-electron chi connectivity index (χ1n) is 6.81. The molecule has 0 aliphatic rings. The molecular weight excluding hydrogens is 298 g/mol. The molecule has 0 spiro atoms. The quantitative estimate of drug-likeness (QED) is 0.756. The van der Waals surface area contributed by atoms with Crippen molar-refractivity contribution >= 4 is 23.1 Å². The molecule has 0 radical (unpaired) electrons. The topological polar surface area (TPSA) is 47.0 Å². The number of ether oxygens (including phenoxy) is 1. The second kappa shape index (κ2) is 6.91. The summed E-state index contributed by atoms with van der Waals surface area (Å²) in [7, 11) is 0. The average Bonchev–Trinajstić information content (AvgIpc) is 2.57. The zero-order valence-corrected chi connectivity index (χ0v) is 12.5. The van der Waals surface area contributed by atoms with E-state index in [1.54, 1.807) is 12.4 Å². The normalized spacial score (nSPS) is 10.2. The fourth-order valence-corrected chi connectivity index (χ4v) is 2.10. The molecule has 4 nitrogen and oxygen atoms in total. The third kappa shape index (κ3) is 3.74. The minimum Gasteiger partial charge on any atom is -0.489 e. The summed E-state index contributed by atoms with van der Waals surface area (Å²) >= 11 is 5.99. The monoisotopic (exact) mass is 311 g/mol. The van der Waals surface area contributed by atoms with Gasteiger partial charge in [-0.15, -0.1) is 0 Å². The molecule has 0 fully saturated rings. The molecule has 22 heavy (non-hydrogen) atoms. The van der Waals surface area contributed by atoms with Gasteiger partial charge in [-0.05, 0) is 17.7 Å². The Morgan fingerprint density at radius 3 is 2.59 bits per heavy atom. The van der Waals surface area contributed by atoms with Gasteiger partial charge in [0.1, 0.15) is 12.4 Å². The molecule has 1 aromatic heterocycles. The maximum absolute atomic E-state index is 5.99. The summed E-state index contributed by atoms with van der Waals surface area (Å²) in [6.45, 7) is 0.524. The summed E-state index contributed by atoms with van der Waals surface area (Å²) in [5, 5.41) is 3.46. The van der Waals surface area contributed by atoms with Gasteiger partial charge in [-0.1, -0.05) is 48.0 Å². The maximum atomic E-state index is 5.99. The van der Waals surface area contributed by atoms with Crippen LogP contribution in [0.2, 0.25) is 5.15 Å². The second-order valence-electron chi connectivity index (χ2n) is 4.62. The Bertz CT molecular complexity index is 750. The van der Waals surface area contributed by atoms with E-state index in [1.165, 1.54) is 0 Å². The third-order valence-corrected chi connectivity index (χ3v) is 3.28. The van der Waals surface area contributed by atoms with Crippen LogP contribution >= 0.6 is 11.6 Å². The molecule has 110 valence electrons. The van der Waals surface area contributed by atoms with Gasteiger partial charge in [0.25, 0.3) is 0 Å². The molecule has 2 aromatic carbocycles. The molecule has 3 aromatic rings. The number of hydrogen-bond acceptors (Lipinski definition) is 4. The first-order chi connectivity index (χ1) is 10.8. The summed E-state index contributed by atoms with van der Waals surface area (Å²) in [6.07, 6.45) is 3.14. The van der Waals surface area contributed by atoms with Gasteiger partial charge >= 0.3 is 0 Å². The summed E-state index contributed by atoms with van der Waals surface area (Å²) in [5.41, 5.74) is 1.96. The number of nitrogens with one attached hydrogen (secondary N) is 1. The molecule has 3 rings (SSSR count). The predicted octanol–water partition coefficient (Wildman–Crippen LogP) is 4.45. The largest absolute Gasteiger partial charge is 0.489 e. The molecule has 5 heteroatoms. The number of rotatable bonds is 5. The first kappa shape index (κ1) is 14.4. The van der Waals surface area contributed by atoms with Gasteiger partial charge in [0.2, 0.25) is 0 Å². The Kier molecular flexibility index (Phi) is 4.51. The van der Waals surface area contributed by atoms with Gasteiger partial charge in [0, 0.05) is 24.1 Å². The van der Waals surface area contributed by atoms with Crippen LogP contribution in [0.4, 0.5) is 11.5 Å². The lowest BCUT2D eigenvalue weighted by Gasteiger charge is -2.10. The Morgan fingerprint density at radius 2 is 1.77 bits per heavy atom.